The van der Waals surface area contributed by atoms with Crippen molar-refractivity contribution in [2.75, 3.05) is 6.54 Å². The lowest BCUT2D eigenvalue weighted by molar-refractivity contribution is 0.498. The second kappa shape index (κ2) is 5.32. The molecule has 0 spiro atoms. The van der Waals surface area contributed by atoms with Gasteiger partial charge in [-0.05, 0) is 24.7 Å². The molecule has 1 aromatic heterocycles. The summed E-state index contributed by atoms with van der Waals surface area (Å²) in [5, 5.41) is 3.24. The van der Waals surface area contributed by atoms with Gasteiger partial charge in [-0.1, -0.05) is 41.1 Å². The minimum absolute atomic E-state index is 0.779. The van der Waals surface area contributed by atoms with E-state index in [-0.39, 0.29) is 0 Å². The van der Waals surface area contributed by atoms with Gasteiger partial charge in [0.25, 0.3) is 0 Å². The van der Waals surface area contributed by atoms with Crippen LogP contribution in [0.5, 0.6) is 0 Å². The number of benzene rings is 1. The molecule has 0 saturated carbocycles. The van der Waals surface area contributed by atoms with E-state index in [4.69, 9.17) is 4.42 Å². The van der Waals surface area contributed by atoms with E-state index < -0.39 is 0 Å². The second-order valence-corrected chi connectivity index (χ2v) is 4.38. The zero-order valence-electron chi connectivity index (χ0n) is 9.16. The van der Waals surface area contributed by atoms with E-state index in [2.05, 4.69) is 28.2 Å². The third-order valence-corrected chi connectivity index (χ3v) is 3.04. The average Bonchev–Trinajstić information content (AvgIpc) is 2.75. The minimum Gasteiger partial charge on any atom is -0.460 e. The Balaban J connectivity index is 2.22. The van der Waals surface area contributed by atoms with Crippen molar-refractivity contribution < 1.29 is 4.42 Å². The molecule has 0 saturated heterocycles. The SMILES string of the molecule is CCNCc1ccc(-c2ccccc2Br)o1. The van der Waals surface area contributed by atoms with Crippen molar-refractivity contribution in [3.05, 3.63) is 46.6 Å². The van der Waals surface area contributed by atoms with Gasteiger partial charge < -0.3 is 9.73 Å². The van der Waals surface area contributed by atoms with Gasteiger partial charge >= 0.3 is 0 Å². The van der Waals surface area contributed by atoms with Crippen molar-refractivity contribution in [2.24, 2.45) is 0 Å². The smallest absolute Gasteiger partial charge is 0.135 e. The molecule has 2 nitrogen and oxygen atoms in total. The summed E-state index contributed by atoms with van der Waals surface area (Å²) in [5.41, 5.74) is 1.09. The average molecular weight is 280 g/mol. The standard InChI is InChI=1S/C13H14BrNO/c1-2-15-9-10-7-8-13(16-10)11-5-3-4-6-12(11)14/h3-8,15H,2,9H2,1H3. The first-order valence-corrected chi connectivity index (χ1v) is 6.15. The van der Waals surface area contributed by atoms with Crippen LogP contribution in [0.1, 0.15) is 12.7 Å². The summed E-state index contributed by atoms with van der Waals surface area (Å²) in [4.78, 5) is 0. The van der Waals surface area contributed by atoms with Gasteiger partial charge in [0.2, 0.25) is 0 Å². The molecular weight excluding hydrogens is 266 g/mol. The topological polar surface area (TPSA) is 25.2 Å². The molecule has 0 atom stereocenters. The number of furan rings is 1. The maximum atomic E-state index is 5.76. The van der Waals surface area contributed by atoms with Gasteiger partial charge in [-0.15, -0.1) is 0 Å². The van der Waals surface area contributed by atoms with Crippen molar-refractivity contribution in [3.8, 4) is 11.3 Å². The molecule has 0 unspecified atom stereocenters. The summed E-state index contributed by atoms with van der Waals surface area (Å²) in [7, 11) is 0. The van der Waals surface area contributed by atoms with E-state index in [9.17, 15) is 0 Å². The molecule has 1 N–H and O–H groups in total. The molecule has 2 aromatic rings. The Kier molecular flexibility index (Phi) is 3.80. The number of hydrogen-bond donors (Lipinski definition) is 1. The third-order valence-electron chi connectivity index (χ3n) is 2.35. The highest BCUT2D eigenvalue weighted by molar-refractivity contribution is 9.10. The molecule has 0 bridgehead atoms. The van der Waals surface area contributed by atoms with Crippen molar-refractivity contribution in [1.82, 2.24) is 5.32 Å². The van der Waals surface area contributed by atoms with Crippen LogP contribution in [-0.2, 0) is 6.54 Å². The molecule has 16 heavy (non-hydrogen) atoms. The quantitative estimate of drug-likeness (QED) is 0.921. The second-order valence-electron chi connectivity index (χ2n) is 3.53. The van der Waals surface area contributed by atoms with Crippen LogP contribution in [0, 0.1) is 0 Å². The largest absolute Gasteiger partial charge is 0.460 e. The van der Waals surface area contributed by atoms with E-state index in [1.165, 1.54) is 0 Å². The van der Waals surface area contributed by atoms with Gasteiger partial charge in [0.15, 0.2) is 0 Å². The maximum absolute atomic E-state index is 5.76. The zero-order valence-corrected chi connectivity index (χ0v) is 10.8. The molecule has 1 aromatic carbocycles. The van der Waals surface area contributed by atoms with Crippen LogP contribution in [0.2, 0.25) is 0 Å². The molecule has 0 fully saturated rings. The fourth-order valence-corrected chi connectivity index (χ4v) is 2.01. The van der Waals surface area contributed by atoms with E-state index in [1.54, 1.807) is 0 Å². The first-order chi connectivity index (χ1) is 7.81. The number of hydrogen-bond acceptors (Lipinski definition) is 2. The Bertz CT molecular complexity index is 464. The molecule has 0 aliphatic rings. The number of halogens is 1. The minimum atomic E-state index is 0.779. The van der Waals surface area contributed by atoms with Gasteiger partial charge in [0, 0.05) is 10.0 Å². The lowest BCUT2D eigenvalue weighted by Gasteiger charge is -2.00. The molecule has 0 aliphatic carbocycles. The van der Waals surface area contributed by atoms with Crippen LogP contribution in [0.4, 0.5) is 0 Å². The molecule has 3 heteroatoms. The van der Waals surface area contributed by atoms with Crippen molar-refractivity contribution in [3.63, 3.8) is 0 Å². The van der Waals surface area contributed by atoms with Gasteiger partial charge in [0.1, 0.15) is 11.5 Å². The van der Waals surface area contributed by atoms with E-state index in [0.29, 0.717) is 0 Å². The predicted molar refractivity (Wildman–Crippen MR) is 69.2 cm³/mol. The van der Waals surface area contributed by atoms with E-state index in [0.717, 1.165) is 34.6 Å². The normalized spacial score (nSPS) is 10.6. The summed E-state index contributed by atoms with van der Waals surface area (Å²) in [5.74, 6) is 1.87. The first kappa shape index (κ1) is 11.4. The highest BCUT2D eigenvalue weighted by Gasteiger charge is 2.06. The fourth-order valence-electron chi connectivity index (χ4n) is 1.53. The van der Waals surface area contributed by atoms with E-state index >= 15 is 0 Å². The van der Waals surface area contributed by atoms with Crippen LogP contribution < -0.4 is 5.32 Å². The van der Waals surface area contributed by atoms with Crippen LogP contribution in [0.25, 0.3) is 11.3 Å². The third kappa shape index (κ3) is 2.54. The van der Waals surface area contributed by atoms with Crippen LogP contribution in [0.3, 0.4) is 0 Å². The summed E-state index contributed by atoms with van der Waals surface area (Å²) >= 11 is 3.52. The predicted octanol–water partition coefficient (Wildman–Crippen LogP) is 3.82. The summed E-state index contributed by atoms with van der Waals surface area (Å²) in [6.45, 7) is 3.81. The van der Waals surface area contributed by atoms with Crippen LogP contribution in [-0.4, -0.2) is 6.54 Å². The summed E-state index contributed by atoms with van der Waals surface area (Å²) in [6, 6.07) is 12.1. The molecule has 1 heterocycles. The lowest BCUT2D eigenvalue weighted by atomic mass is 10.2. The number of rotatable bonds is 4. The Morgan fingerprint density at radius 2 is 2.00 bits per heavy atom. The van der Waals surface area contributed by atoms with Crippen molar-refractivity contribution in [1.29, 1.82) is 0 Å². The Morgan fingerprint density at radius 3 is 2.75 bits per heavy atom. The Hall–Kier alpha value is -1.06. The molecule has 84 valence electrons. The van der Waals surface area contributed by atoms with Gasteiger partial charge in [-0.3, -0.25) is 0 Å². The van der Waals surface area contributed by atoms with Crippen LogP contribution >= 0.6 is 15.9 Å². The van der Waals surface area contributed by atoms with Gasteiger partial charge in [-0.2, -0.15) is 0 Å². The summed E-state index contributed by atoms with van der Waals surface area (Å²) < 4.78 is 6.82. The van der Waals surface area contributed by atoms with Crippen molar-refractivity contribution in [2.45, 2.75) is 13.5 Å². The van der Waals surface area contributed by atoms with Crippen molar-refractivity contribution >= 4 is 15.9 Å². The highest BCUT2D eigenvalue weighted by atomic mass is 79.9. The van der Waals surface area contributed by atoms with Gasteiger partial charge in [0.05, 0.1) is 6.54 Å². The first-order valence-electron chi connectivity index (χ1n) is 5.35. The van der Waals surface area contributed by atoms with Gasteiger partial charge in [-0.25, -0.2) is 0 Å². The molecule has 0 amide bonds. The monoisotopic (exact) mass is 279 g/mol. The molecule has 0 radical (unpaired) electrons. The Labute approximate surface area is 104 Å². The highest BCUT2D eigenvalue weighted by Crippen LogP contribution is 2.29. The maximum Gasteiger partial charge on any atom is 0.135 e. The van der Waals surface area contributed by atoms with E-state index in [1.807, 2.05) is 36.4 Å². The number of nitrogens with one attached hydrogen (secondary N) is 1. The molecule has 0 aliphatic heterocycles. The fraction of sp³-hybridized carbons (Fsp3) is 0.231. The zero-order chi connectivity index (χ0) is 11.4. The van der Waals surface area contributed by atoms with Crippen LogP contribution in [0.15, 0.2) is 45.3 Å². The molecule has 2 rings (SSSR count). The lowest BCUT2D eigenvalue weighted by Crippen LogP contribution is -2.10. The Morgan fingerprint density at radius 1 is 1.19 bits per heavy atom. The molecular formula is C13H14BrNO. The summed E-state index contributed by atoms with van der Waals surface area (Å²) in [6.07, 6.45) is 0.